The second-order valence-corrected chi connectivity index (χ2v) is 3.69. The van der Waals surface area contributed by atoms with Crippen molar-refractivity contribution in [2.45, 2.75) is 24.4 Å². The van der Waals surface area contributed by atoms with Gasteiger partial charge in [0.25, 0.3) is 0 Å². The van der Waals surface area contributed by atoms with E-state index in [0.29, 0.717) is 0 Å². The van der Waals surface area contributed by atoms with E-state index in [1.54, 1.807) is 0 Å². The van der Waals surface area contributed by atoms with Gasteiger partial charge in [-0.2, -0.15) is 0 Å². The molecule has 6 N–H and O–H groups in total. The number of rotatable bonds is 8. The van der Waals surface area contributed by atoms with Crippen LogP contribution in [0.4, 0.5) is 0 Å². The van der Waals surface area contributed by atoms with Gasteiger partial charge in [-0.25, -0.2) is 0 Å². The maximum atomic E-state index is 10.3. The molecule has 0 spiro atoms. The third kappa shape index (κ3) is 10.6. The molecule has 0 radical (unpaired) electrons. The van der Waals surface area contributed by atoms with Crippen molar-refractivity contribution in [1.29, 1.82) is 0 Å². The Balaban J connectivity index is -0.000000333. The summed E-state index contributed by atoms with van der Waals surface area (Å²) < 4.78 is 0. The average Bonchev–Trinajstić information content (AvgIpc) is 2.50. The van der Waals surface area contributed by atoms with E-state index in [0.717, 1.165) is 0 Å². The minimum absolute atomic E-state index is 0. The zero-order valence-corrected chi connectivity index (χ0v) is 13.8. The molecule has 0 unspecified atom stereocenters. The third-order valence-corrected chi connectivity index (χ3v) is 2.04. The summed E-state index contributed by atoms with van der Waals surface area (Å²) in [6.45, 7) is -1.78. The van der Waals surface area contributed by atoms with Crippen molar-refractivity contribution in [3.05, 3.63) is 0 Å². The number of ketones is 2. The molecule has 0 aromatic heterocycles. The molecule has 0 bridgehead atoms. The van der Waals surface area contributed by atoms with Crippen molar-refractivity contribution in [1.82, 2.24) is 0 Å². The van der Waals surface area contributed by atoms with Gasteiger partial charge in [0, 0.05) is 0 Å². The molecular weight excluding hydrogens is 352 g/mol. The van der Waals surface area contributed by atoms with Gasteiger partial charge < -0.3 is 50.4 Å². The first kappa shape index (κ1) is 27.2. The number of carbonyl (C=O) groups is 4. The first-order valence-electron chi connectivity index (χ1n) is 5.45. The monoisotopic (exact) mass is 366 g/mol. The largest absolute Gasteiger partial charge is 2.00 e. The van der Waals surface area contributed by atoms with Gasteiger partial charge >= 0.3 is 37.7 Å². The Morgan fingerprint density at radius 1 is 0.696 bits per heavy atom. The van der Waals surface area contributed by atoms with Gasteiger partial charge in [0.15, 0.2) is 0 Å². The fourth-order valence-electron chi connectivity index (χ4n) is 0.791. The molecule has 4 atom stereocenters. The van der Waals surface area contributed by atoms with Crippen molar-refractivity contribution in [3.63, 3.8) is 0 Å². The zero-order valence-electron chi connectivity index (χ0n) is 11.6. The number of aliphatic hydroxyl groups is 6. The molecule has 0 fully saturated rings. The zero-order chi connectivity index (χ0) is 18.0. The van der Waals surface area contributed by atoms with Crippen molar-refractivity contribution < 1.29 is 60.0 Å². The molecule has 0 rings (SSSR count). The van der Waals surface area contributed by atoms with Crippen LogP contribution in [0, 0.1) is 0 Å². The summed E-state index contributed by atoms with van der Waals surface area (Å²) in [6, 6.07) is 0. The molecule has 0 aromatic rings. The summed E-state index contributed by atoms with van der Waals surface area (Å²) in [5, 5.41) is 70.0. The van der Waals surface area contributed by atoms with Gasteiger partial charge in [0.05, 0.1) is 13.2 Å². The van der Waals surface area contributed by atoms with E-state index in [-0.39, 0.29) is 37.7 Å². The third-order valence-electron chi connectivity index (χ3n) is 2.04. The molecule has 23 heavy (non-hydrogen) atoms. The molecule has 0 aromatic carbocycles. The van der Waals surface area contributed by atoms with Crippen LogP contribution < -0.4 is 10.2 Å². The molecule has 128 valence electrons. The quantitative estimate of drug-likeness (QED) is 0.173. The summed E-state index contributed by atoms with van der Waals surface area (Å²) in [7, 11) is 0. The Labute approximate surface area is 158 Å². The van der Waals surface area contributed by atoms with Gasteiger partial charge in [0.2, 0.25) is 11.6 Å². The first-order valence-corrected chi connectivity index (χ1v) is 5.45. The number of carboxylic acids is 2. The van der Waals surface area contributed by atoms with Crippen LogP contribution in [0.5, 0.6) is 0 Å². The van der Waals surface area contributed by atoms with Crippen molar-refractivity contribution in [2.75, 3.05) is 13.2 Å². The summed E-state index contributed by atoms with van der Waals surface area (Å²) in [6.07, 6.45) is -7.80. The molecule has 0 aliphatic rings. The second kappa shape index (κ2) is 13.7. The second-order valence-electron chi connectivity index (χ2n) is 3.69. The van der Waals surface area contributed by atoms with E-state index in [4.69, 9.17) is 30.6 Å². The Bertz CT molecular complexity index is 373. The topological polar surface area (TPSA) is 236 Å². The molecule has 0 saturated heterocycles. The van der Waals surface area contributed by atoms with Crippen LogP contribution in [0.1, 0.15) is 0 Å². The normalized spacial score (nSPS) is 14.9. The fourth-order valence-corrected chi connectivity index (χ4v) is 0.791. The van der Waals surface area contributed by atoms with Crippen LogP contribution in [-0.2, 0) is 19.2 Å². The number of hydrogen-bond acceptors (Lipinski definition) is 12. The number of carboxylic acid groups (broad SMARTS) is 2. The van der Waals surface area contributed by atoms with Crippen LogP contribution in [0.15, 0.2) is 0 Å². The van der Waals surface area contributed by atoms with Gasteiger partial charge in [-0.05, 0) is 0 Å². The Morgan fingerprint density at radius 3 is 1.04 bits per heavy atom. The predicted octanol–water partition coefficient (Wildman–Crippen LogP) is -8.34. The van der Waals surface area contributed by atoms with Gasteiger partial charge in [-0.15, -0.1) is 0 Å². The summed E-state index contributed by atoms with van der Waals surface area (Å²) >= 11 is 0. The Morgan fingerprint density at radius 2 is 0.913 bits per heavy atom. The van der Waals surface area contributed by atoms with Crippen molar-refractivity contribution in [2.24, 2.45) is 0 Å². The molecule has 0 amide bonds. The molecule has 0 aliphatic heterocycles. The van der Waals surface area contributed by atoms with E-state index in [9.17, 15) is 29.4 Å². The molecule has 0 aliphatic carbocycles. The summed E-state index contributed by atoms with van der Waals surface area (Å²) in [5.41, 5.74) is 0. The Hall–Kier alpha value is -0.700. The van der Waals surface area contributed by atoms with Gasteiger partial charge in [-0.1, -0.05) is 0 Å². The number of Topliss-reactive ketones (excluding diaryl/α,β-unsaturated/α-hetero) is 2. The number of aliphatic carboxylic acids is 2. The van der Waals surface area contributed by atoms with Crippen molar-refractivity contribution >= 4 is 61.2 Å². The molecule has 13 heteroatoms. The number of carbonyl (C=O) groups excluding carboxylic acids is 4. The minimum atomic E-state index is -2.12. The van der Waals surface area contributed by atoms with Crippen LogP contribution in [0.2, 0.25) is 0 Å². The van der Waals surface area contributed by atoms with Crippen LogP contribution in [-0.4, -0.2) is 130 Å². The summed E-state index contributed by atoms with van der Waals surface area (Å²) in [4.78, 5) is 40.0. The Kier molecular flexibility index (Phi) is 16.2. The van der Waals surface area contributed by atoms with Crippen LogP contribution >= 0.6 is 0 Å². The smallest absolute Gasteiger partial charge is 0.542 e. The average molecular weight is 366 g/mol. The molecular formula is C10H14CaO12. The van der Waals surface area contributed by atoms with Gasteiger partial charge in [0.1, 0.15) is 36.4 Å². The van der Waals surface area contributed by atoms with Crippen molar-refractivity contribution in [3.8, 4) is 0 Å². The maximum absolute atomic E-state index is 10.3. The number of hydrogen-bond donors (Lipinski definition) is 6. The van der Waals surface area contributed by atoms with Gasteiger partial charge in [-0.3, -0.25) is 9.59 Å². The number of aliphatic hydroxyl groups excluding tert-OH is 6. The standard InChI is InChI=1S/2C5H8O6.Ca/c2*6-1-2(7)3(8)4(9)5(10)11;/h2*2-3,6-8H,1H2,(H,10,11);/q;;+2/p-2/t2*2-,3+;/m11./s1. The molecule has 0 heterocycles. The van der Waals surface area contributed by atoms with Crippen LogP contribution in [0.25, 0.3) is 0 Å². The van der Waals surface area contributed by atoms with Crippen LogP contribution in [0.3, 0.4) is 0 Å². The fraction of sp³-hybridized carbons (Fsp3) is 0.600. The first-order chi connectivity index (χ1) is 10.0. The maximum Gasteiger partial charge on any atom is 2.00 e. The SMILES string of the molecule is O=C([O-])C(=O)[C@@H](O)[C@H](O)CO.O=C([O-])C(=O)[C@@H](O)[C@H](O)CO.[Ca+2]. The van der Waals surface area contributed by atoms with E-state index in [1.807, 2.05) is 0 Å². The van der Waals surface area contributed by atoms with E-state index >= 15 is 0 Å². The van der Waals surface area contributed by atoms with E-state index in [1.165, 1.54) is 0 Å². The molecule has 12 nitrogen and oxygen atoms in total. The van der Waals surface area contributed by atoms with E-state index < -0.39 is 61.1 Å². The predicted molar refractivity (Wildman–Crippen MR) is 64.0 cm³/mol. The minimum Gasteiger partial charge on any atom is -0.542 e. The van der Waals surface area contributed by atoms with E-state index in [2.05, 4.69) is 0 Å². The summed E-state index contributed by atoms with van der Waals surface area (Å²) in [5.74, 6) is -7.48. The molecule has 0 saturated carbocycles.